The second kappa shape index (κ2) is 11.6. The Hall–Kier alpha value is -1.75. The van der Waals surface area contributed by atoms with Crippen molar-refractivity contribution in [3.63, 3.8) is 0 Å². The molecule has 3 amide bonds. The van der Waals surface area contributed by atoms with Crippen molar-refractivity contribution in [2.24, 2.45) is 17.6 Å². The molecule has 0 aliphatic rings. The predicted molar refractivity (Wildman–Crippen MR) is 113 cm³/mol. The van der Waals surface area contributed by atoms with Gasteiger partial charge in [0.25, 0.3) is 0 Å². The fourth-order valence-corrected chi connectivity index (χ4v) is 2.93. The SMILES string of the molecule is CC(=O)N[C@@H](CC(C)C)C(=O)N[C@@H](C)C(=O)N[C@@H](CC(C)C)C(O)(O)[C@@](C)(N)CO. The summed E-state index contributed by atoms with van der Waals surface area (Å²) in [7, 11) is 0. The number of nitrogens with one attached hydrogen (secondary N) is 3. The maximum Gasteiger partial charge on any atom is 0.243 e. The van der Waals surface area contributed by atoms with Crippen molar-refractivity contribution in [2.45, 2.75) is 90.8 Å². The average Bonchev–Trinajstić information content (AvgIpc) is 2.58. The maximum atomic E-state index is 12.7. The van der Waals surface area contributed by atoms with Crippen molar-refractivity contribution in [3.8, 4) is 0 Å². The van der Waals surface area contributed by atoms with Gasteiger partial charge in [0.05, 0.1) is 18.2 Å². The van der Waals surface area contributed by atoms with Gasteiger partial charge in [0.1, 0.15) is 12.1 Å². The van der Waals surface area contributed by atoms with E-state index in [9.17, 15) is 29.7 Å². The lowest BCUT2D eigenvalue weighted by Crippen LogP contribution is -2.71. The van der Waals surface area contributed by atoms with E-state index in [-0.39, 0.29) is 24.2 Å². The van der Waals surface area contributed by atoms with Gasteiger partial charge in [-0.15, -0.1) is 0 Å². The quantitative estimate of drug-likeness (QED) is 0.193. The smallest absolute Gasteiger partial charge is 0.243 e. The Morgan fingerprint density at radius 1 is 0.900 bits per heavy atom. The molecule has 0 spiro atoms. The average molecular weight is 433 g/mol. The number of aliphatic hydroxyl groups is 3. The highest BCUT2D eigenvalue weighted by atomic mass is 16.5. The molecular weight excluding hydrogens is 392 g/mol. The number of nitrogens with two attached hydrogens (primary N) is 1. The molecular formula is C20H40N4O6. The van der Waals surface area contributed by atoms with Crippen LogP contribution in [0.2, 0.25) is 0 Å². The van der Waals surface area contributed by atoms with Gasteiger partial charge in [-0.2, -0.15) is 0 Å². The summed E-state index contributed by atoms with van der Waals surface area (Å²) in [6.07, 6.45) is 0.572. The number of amides is 3. The molecule has 8 N–H and O–H groups in total. The topological polar surface area (TPSA) is 174 Å². The molecule has 0 bridgehead atoms. The summed E-state index contributed by atoms with van der Waals surface area (Å²) in [4.78, 5) is 36.6. The fraction of sp³-hybridized carbons (Fsp3) is 0.850. The first kappa shape index (κ1) is 28.2. The Morgan fingerprint density at radius 2 is 1.40 bits per heavy atom. The molecule has 10 nitrogen and oxygen atoms in total. The van der Waals surface area contributed by atoms with E-state index in [0.29, 0.717) is 6.42 Å². The second-order valence-corrected chi connectivity index (χ2v) is 9.11. The van der Waals surface area contributed by atoms with E-state index in [4.69, 9.17) is 5.73 Å². The van der Waals surface area contributed by atoms with E-state index in [1.54, 1.807) is 0 Å². The van der Waals surface area contributed by atoms with E-state index in [2.05, 4.69) is 16.0 Å². The molecule has 0 unspecified atom stereocenters. The second-order valence-electron chi connectivity index (χ2n) is 9.11. The summed E-state index contributed by atoms with van der Waals surface area (Å²) in [6, 6.07) is -2.99. The first-order valence-corrected chi connectivity index (χ1v) is 10.3. The van der Waals surface area contributed by atoms with Crippen LogP contribution in [0.3, 0.4) is 0 Å². The molecule has 0 aliphatic heterocycles. The van der Waals surface area contributed by atoms with Crippen molar-refractivity contribution >= 4 is 17.7 Å². The monoisotopic (exact) mass is 432 g/mol. The van der Waals surface area contributed by atoms with Crippen molar-refractivity contribution in [1.82, 2.24) is 16.0 Å². The zero-order chi connectivity index (χ0) is 23.9. The summed E-state index contributed by atoms with van der Waals surface area (Å²) < 4.78 is 0. The minimum atomic E-state index is -2.60. The van der Waals surface area contributed by atoms with Gasteiger partial charge in [-0.25, -0.2) is 0 Å². The van der Waals surface area contributed by atoms with E-state index in [0.717, 1.165) is 0 Å². The van der Waals surface area contributed by atoms with E-state index >= 15 is 0 Å². The van der Waals surface area contributed by atoms with Crippen LogP contribution in [0.1, 0.15) is 61.3 Å². The summed E-state index contributed by atoms with van der Waals surface area (Å²) in [5.74, 6) is -4.01. The van der Waals surface area contributed by atoms with Gasteiger partial charge in [0.15, 0.2) is 0 Å². The predicted octanol–water partition coefficient (Wildman–Crippen LogP) is -1.04. The molecule has 0 aromatic carbocycles. The van der Waals surface area contributed by atoms with Crippen molar-refractivity contribution in [3.05, 3.63) is 0 Å². The van der Waals surface area contributed by atoms with Crippen LogP contribution < -0.4 is 21.7 Å². The number of aliphatic hydroxyl groups excluding tert-OH is 1. The van der Waals surface area contributed by atoms with Gasteiger partial charge in [0.2, 0.25) is 23.5 Å². The highest BCUT2D eigenvalue weighted by Crippen LogP contribution is 2.25. The van der Waals surface area contributed by atoms with Crippen molar-refractivity contribution in [2.75, 3.05) is 6.61 Å². The number of rotatable bonds is 12. The first-order chi connectivity index (χ1) is 13.5. The van der Waals surface area contributed by atoms with Gasteiger partial charge >= 0.3 is 0 Å². The van der Waals surface area contributed by atoms with Crippen LogP contribution in [-0.2, 0) is 14.4 Å². The first-order valence-electron chi connectivity index (χ1n) is 10.3. The van der Waals surface area contributed by atoms with Crippen LogP contribution in [0.15, 0.2) is 0 Å². The molecule has 0 saturated carbocycles. The molecule has 0 rings (SSSR count). The zero-order valence-corrected chi connectivity index (χ0v) is 19.2. The van der Waals surface area contributed by atoms with E-state index < -0.39 is 47.9 Å². The van der Waals surface area contributed by atoms with Crippen LogP contribution in [0.25, 0.3) is 0 Å². The van der Waals surface area contributed by atoms with Gasteiger partial charge in [-0.1, -0.05) is 27.7 Å². The third-order valence-electron chi connectivity index (χ3n) is 4.83. The Morgan fingerprint density at radius 3 is 1.80 bits per heavy atom. The summed E-state index contributed by atoms with van der Waals surface area (Å²) in [5, 5.41) is 38.2. The van der Waals surface area contributed by atoms with Gasteiger partial charge in [-0.3, -0.25) is 14.4 Å². The lowest BCUT2D eigenvalue weighted by Gasteiger charge is -2.43. The molecule has 0 heterocycles. The maximum absolute atomic E-state index is 12.7. The van der Waals surface area contributed by atoms with Crippen LogP contribution in [0, 0.1) is 11.8 Å². The highest BCUT2D eigenvalue weighted by molar-refractivity contribution is 5.91. The fourth-order valence-electron chi connectivity index (χ4n) is 2.93. The molecule has 0 fully saturated rings. The molecule has 0 aromatic rings. The number of hydrogen-bond donors (Lipinski definition) is 7. The molecule has 4 atom stereocenters. The largest absolute Gasteiger partial charge is 0.394 e. The molecule has 176 valence electrons. The summed E-state index contributed by atoms with van der Waals surface area (Å²) >= 11 is 0. The van der Waals surface area contributed by atoms with Crippen LogP contribution in [0.5, 0.6) is 0 Å². The third-order valence-corrected chi connectivity index (χ3v) is 4.83. The number of carbonyl (C=O) groups is 3. The molecule has 0 saturated heterocycles. The lowest BCUT2D eigenvalue weighted by molar-refractivity contribution is -0.234. The standard InChI is InChI=1S/C20H40N4O6/c1-11(2)8-15(23-14(6)26)18(28)22-13(5)17(27)24-16(9-12(3)4)20(29,30)19(7,21)10-25/h11-13,15-16,25,29-30H,8-10,21H2,1-7H3,(H,22,28)(H,23,26)(H,24,27)/t13-,15-,16-,19-/m0/s1. The van der Waals surface area contributed by atoms with Gasteiger partial charge < -0.3 is 37.0 Å². The normalized spacial score (nSPS) is 17.1. The van der Waals surface area contributed by atoms with E-state index in [1.807, 2.05) is 27.7 Å². The Labute approximate surface area is 179 Å². The molecule has 10 heteroatoms. The van der Waals surface area contributed by atoms with Crippen LogP contribution in [-0.4, -0.2) is 69.1 Å². The molecule has 0 aliphatic carbocycles. The minimum absolute atomic E-state index is 0.0245. The zero-order valence-electron chi connectivity index (χ0n) is 19.2. The molecule has 0 radical (unpaired) electrons. The van der Waals surface area contributed by atoms with Crippen LogP contribution in [0.4, 0.5) is 0 Å². The van der Waals surface area contributed by atoms with Crippen molar-refractivity contribution < 1.29 is 29.7 Å². The highest BCUT2D eigenvalue weighted by Gasteiger charge is 2.49. The van der Waals surface area contributed by atoms with E-state index in [1.165, 1.54) is 20.8 Å². The number of hydrogen-bond acceptors (Lipinski definition) is 7. The lowest BCUT2D eigenvalue weighted by atomic mass is 9.83. The van der Waals surface area contributed by atoms with Crippen molar-refractivity contribution in [1.29, 1.82) is 0 Å². The summed E-state index contributed by atoms with van der Waals surface area (Å²) in [5.41, 5.74) is 4.03. The molecule has 30 heavy (non-hydrogen) atoms. The minimum Gasteiger partial charge on any atom is -0.394 e. The van der Waals surface area contributed by atoms with Gasteiger partial charge in [-0.05, 0) is 38.5 Å². The molecule has 0 aromatic heterocycles. The van der Waals surface area contributed by atoms with Gasteiger partial charge in [0, 0.05) is 6.92 Å². The summed E-state index contributed by atoms with van der Waals surface area (Å²) in [6.45, 7) is 10.8. The van der Waals surface area contributed by atoms with Crippen LogP contribution >= 0.6 is 0 Å². The number of carbonyl (C=O) groups excluding carboxylic acids is 3. The Bertz CT molecular complexity index is 592. The Balaban J connectivity index is 5.36. The third kappa shape index (κ3) is 8.55. The Kier molecular flexibility index (Phi) is 10.9.